The molecule has 2 heterocycles. The first kappa shape index (κ1) is 16.9. The van der Waals surface area contributed by atoms with Crippen molar-refractivity contribution >= 4 is 18.3 Å². The Bertz CT molecular complexity index is 518. The summed E-state index contributed by atoms with van der Waals surface area (Å²) in [5.74, 6) is 1.62. The Kier molecular flexibility index (Phi) is 5.91. The number of amides is 1. The number of carbonyl (C=O) groups excluding carboxylic acids is 1. The molecule has 1 saturated heterocycles. The van der Waals surface area contributed by atoms with Gasteiger partial charge in [-0.15, -0.1) is 12.4 Å². The maximum absolute atomic E-state index is 12.3. The first-order chi connectivity index (χ1) is 10.3. The zero-order valence-corrected chi connectivity index (χ0v) is 13.6. The predicted molar refractivity (Wildman–Crippen MR) is 87.0 cm³/mol. The highest BCUT2D eigenvalue weighted by molar-refractivity contribution is 5.85. The molecule has 2 N–H and O–H groups in total. The van der Waals surface area contributed by atoms with Gasteiger partial charge < -0.3 is 20.1 Å². The van der Waals surface area contributed by atoms with Crippen molar-refractivity contribution in [2.45, 2.75) is 25.3 Å². The molecule has 6 heteroatoms. The van der Waals surface area contributed by atoms with Crippen molar-refractivity contribution in [2.75, 3.05) is 26.8 Å². The van der Waals surface area contributed by atoms with E-state index < -0.39 is 0 Å². The molecular weight excluding hydrogens is 304 g/mol. The first-order valence-electron chi connectivity index (χ1n) is 7.57. The molecule has 2 atom stereocenters. The molecule has 1 aromatic carbocycles. The van der Waals surface area contributed by atoms with Gasteiger partial charge in [-0.3, -0.25) is 4.79 Å². The van der Waals surface area contributed by atoms with E-state index >= 15 is 0 Å². The fourth-order valence-electron chi connectivity index (χ4n) is 2.97. The van der Waals surface area contributed by atoms with E-state index in [9.17, 15) is 4.79 Å². The van der Waals surface area contributed by atoms with Crippen LogP contribution in [0.5, 0.6) is 11.5 Å². The molecule has 0 saturated carbocycles. The van der Waals surface area contributed by atoms with Crippen LogP contribution in [-0.2, 0) is 11.2 Å². The fraction of sp³-hybridized carbons (Fsp3) is 0.562. The number of benzene rings is 1. The van der Waals surface area contributed by atoms with Crippen LogP contribution in [0.4, 0.5) is 0 Å². The number of hydrogen-bond donors (Lipinski definition) is 2. The van der Waals surface area contributed by atoms with Gasteiger partial charge in [0.2, 0.25) is 5.91 Å². The zero-order valence-electron chi connectivity index (χ0n) is 12.8. The number of methoxy groups -OCH3 is 1. The Morgan fingerprint density at radius 2 is 2.36 bits per heavy atom. The van der Waals surface area contributed by atoms with Crippen molar-refractivity contribution < 1.29 is 14.3 Å². The smallest absolute Gasteiger partial charge is 0.226 e. The molecule has 2 aliphatic rings. The molecule has 3 rings (SSSR count). The van der Waals surface area contributed by atoms with Crippen molar-refractivity contribution in [3.05, 3.63) is 23.8 Å². The number of halogens is 1. The second-order valence-electron chi connectivity index (χ2n) is 5.72. The largest absolute Gasteiger partial charge is 0.497 e. The van der Waals surface area contributed by atoms with E-state index in [4.69, 9.17) is 9.47 Å². The van der Waals surface area contributed by atoms with Crippen molar-refractivity contribution in [1.82, 2.24) is 10.6 Å². The maximum atomic E-state index is 12.3. The molecular formula is C16H23ClN2O3. The van der Waals surface area contributed by atoms with E-state index in [2.05, 4.69) is 10.6 Å². The minimum Gasteiger partial charge on any atom is -0.497 e. The fourth-order valence-corrected chi connectivity index (χ4v) is 2.97. The van der Waals surface area contributed by atoms with E-state index in [1.165, 1.54) is 6.42 Å². The monoisotopic (exact) mass is 326 g/mol. The van der Waals surface area contributed by atoms with Crippen molar-refractivity contribution in [2.24, 2.45) is 5.92 Å². The van der Waals surface area contributed by atoms with E-state index in [0.717, 1.165) is 30.0 Å². The highest BCUT2D eigenvalue weighted by Crippen LogP contribution is 2.30. The zero-order chi connectivity index (χ0) is 14.7. The summed E-state index contributed by atoms with van der Waals surface area (Å²) < 4.78 is 10.9. The highest BCUT2D eigenvalue weighted by Gasteiger charge is 2.27. The van der Waals surface area contributed by atoms with Crippen LogP contribution in [-0.4, -0.2) is 38.8 Å². The van der Waals surface area contributed by atoms with Gasteiger partial charge >= 0.3 is 0 Å². The van der Waals surface area contributed by atoms with Gasteiger partial charge in [-0.05, 0) is 49.6 Å². The Hall–Kier alpha value is -1.46. The van der Waals surface area contributed by atoms with E-state index in [0.29, 0.717) is 25.6 Å². The minimum absolute atomic E-state index is 0. The van der Waals surface area contributed by atoms with Gasteiger partial charge in [0.1, 0.15) is 18.1 Å². The molecule has 2 unspecified atom stereocenters. The third kappa shape index (κ3) is 3.84. The van der Waals surface area contributed by atoms with Crippen molar-refractivity contribution in [3.63, 3.8) is 0 Å². The molecule has 2 aliphatic heterocycles. The Labute approximate surface area is 137 Å². The van der Waals surface area contributed by atoms with Crippen LogP contribution in [0.2, 0.25) is 0 Å². The summed E-state index contributed by atoms with van der Waals surface area (Å²) in [4.78, 5) is 12.3. The summed E-state index contributed by atoms with van der Waals surface area (Å²) in [5.41, 5.74) is 1.04. The average Bonchev–Trinajstić information content (AvgIpc) is 3.04. The SMILES string of the molecule is COc1ccc2c(c1)CC(C(=O)NCC1CCCN1)CO2.Cl. The standard InChI is InChI=1S/C16H22N2O3.ClH/c1-20-14-4-5-15-11(8-14)7-12(10-21-15)16(19)18-9-13-3-2-6-17-13;/h4-5,8,12-13,17H,2-3,6-7,9-10H2,1H3,(H,18,19);1H. The summed E-state index contributed by atoms with van der Waals surface area (Å²) in [5, 5.41) is 6.42. The summed E-state index contributed by atoms with van der Waals surface area (Å²) in [6.07, 6.45) is 3.04. The number of fused-ring (bicyclic) bond motifs is 1. The predicted octanol–water partition coefficient (Wildman–Crippen LogP) is 1.54. The third-order valence-corrected chi connectivity index (χ3v) is 4.23. The van der Waals surface area contributed by atoms with Gasteiger partial charge in [0, 0.05) is 12.6 Å². The van der Waals surface area contributed by atoms with Crippen LogP contribution in [0.25, 0.3) is 0 Å². The van der Waals surface area contributed by atoms with Crippen LogP contribution < -0.4 is 20.1 Å². The molecule has 0 aliphatic carbocycles. The number of rotatable bonds is 4. The lowest BCUT2D eigenvalue weighted by atomic mass is 9.95. The van der Waals surface area contributed by atoms with Gasteiger partial charge in [0.25, 0.3) is 0 Å². The van der Waals surface area contributed by atoms with Crippen LogP contribution in [0, 0.1) is 5.92 Å². The summed E-state index contributed by atoms with van der Waals surface area (Å²) in [6.45, 7) is 2.21. The van der Waals surface area contributed by atoms with Crippen LogP contribution in [0.1, 0.15) is 18.4 Å². The normalized spacial score (nSPS) is 23.0. The summed E-state index contributed by atoms with van der Waals surface area (Å²) in [6, 6.07) is 6.16. The van der Waals surface area contributed by atoms with E-state index in [-0.39, 0.29) is 24.2 Å². The number of ether oxygens (including phenoxy) is 2. The van der Waals surface area contributed by atoms with Gasteiger partial charge in [0.15, 0.2) is 0 Å². The van der Waals surface area contributed by atoms with Gasteiger partial charge in [-0.2, -0.15) is 0 Å². The molecule has 122 valence electrons. The quantitative estimate of drug-likeness (QED) is 0.881. The molecule has 1 fully saturated rings. The maximum Gasteiger partial charge on any atom is 0.226 e. The lowest BCUT2D eigenvalue weighted by Gasteiger charge is -2.25. The molecule has 1 aromatic rings. The number of carbonyl (C=O) groups is 1. The molecule has 1 amide bonds. The first-order valence-corrected chi connectivity index (χ1v) is 7.57. The van der Waals surface area contributed by atoms with Crippen molar-refractivity contribution in [1.29, 1.82) is 0 Å². The van der Waals surface area contributed by atoms with Crippen LogP contribution >= 0.6 is 12.4 Å². The van der Waals surface area contributed by atoms with Crippen LogP contribution in [0.15, 0.2) is 18.2 Å². The Morgan fingerprint density at radius 1 is 1.50 bits per heavy atom. The topological polar surface area (TPSA) is 59.6 Å². The van der Waals surface area contributed by atoms with Crippen LogP contribution in [0.3, 0.4) is 0 Å². The van der Waals surface area contributed by atoms with Gasteiger partial charge in [-0.1, -0.05) is 0 Å². The molecule has 0 spiro atoms. The van der Waals surface area contributed by atoms with E-state index in [1.807, 2.05) is 18.2 Å². The number of hydrogen-bond acceptors (Lipinski definition) is 4. The molecule has 0 radical (unpaired) electrons. The van der Waals surface area contributed by atoms with Crippen molar-refractivity contribution in [3.8, 4) is 11.5 Å². The average molecular weight is 327 g/mol. The van der Waals surface area contributed by atoms with Gasteiger partial charge in [-0.25, -0.2) is 0 Å². The third-order valence-electron chi connectivity index (χ3n) is 4.23. The second-order valence-corrected chi connectivity index (χ2v) is 5.72. The number of nitrogens with one attached hydrogen (secondary N) is 2. The lowest BCUT2D eigenvalue weighted by molar-refractivity contribution is -0.126. The lowest BCUT2D eigenvalue weighted by Crippen LogP contribution is -2.42. The molecule has 0 aromatic heterocycles. The highest BCUT2D eigenvalue weighted by atomic mass is 35.5. The summed E-state index contributed by atoms with van der Waals surface area (Å²) >= 11 is 0. The minimum atomic E-state index is -0.119. The summed E-state index contributed by atoms with van der Waals surface area (Å²) in [7, 11) is 1.64. The van der Waals surface area contributed by atoms with Gasteiger partial charge in [0.05, 0.1) is 13.0 Å². The van der Waals surface area contributed by atoms with E-state index in [1.54, 1.807) is 7.11 Å². The molecule has 5 nitrogen and oxygen atoms in total. The molecule has 0 bridgehead atoms. The second kappa shape index (κ2) is 7.70. The Morgan fingerprint density at radius 3 is 3.09 bits per heavy atom. The molecule has 22 heavy (non-hydrogen) atoms. The Balaban J connectivity index is 0.00000176.